The fourth-order valence-corrected chi connectivity index (χ4v) is 2.52. The molecular formula is C10H13BrO3S. The van der Waals surface area contributed by atoms with Crippen LogP contribution in [0.1, 0.15) is 19.4 Å². The van der Waals surface area contributed by atoms with Gasteiger partial charge in [0.2, 0.25) is 0 Å². The number of hydrogen-bond donors (Lipinski definition) is 0. The summed E-state index contributed by atoms with van der Waals surface area (Å²) >= 11 is 3.29. The standard InChI is InChI=1S/C10H13BrO3S/c1-8(2)14-15(12,13)10-5-3-9(7-11)4-6-10/h3-6,8H,7H2,1-2H3. The van der Waals surface area contributed by atoms with Gasteiger partial charge < -0.3 is 0 Å². The van der Waals surface area contributed by atoms with Crippen molar-refractivity contribution in [1.82, 2.24) is 0 Å². The monoisotopic (exact) mass is 292 g/mol. The van der Waals surface area contributed by atoms with Crippen molar-refractivity contribution < 1.29 is 12.6 Å². The summed E-state index contributed by atoms with van der Waals surface area (Å²) in [5.74, 6) is 0. The van der Waals surface area contributed by atoms with Gasteiger partial charge in [0.1, 0.15) is 0 Å². The van der Waals surface area contributed by atoms with Crippen molar-refractivity contribution in [3.8, 4) is 0 Å². The van der Waals surface area contributed by atoms with E-state index >= 15 is 0 Å². The molecule has 0 radical (unpaired) electrons. The number of benzene rings is 1. The van der Waals surface area contributed by atoms with Crippen molar-refractivity contribution >= 4 is 26.0 Å². The lowest BCUT2D eigenvalue weighted by atomic mass is 10.2. The predicted octanol–water partition coefficient (Wildman–Crippen LogP) is 2.70. The van der Waals surface area contributed by atoms with Crippen LogP contribution in [0.2, 0.25) is 0 Å². The molecule has 0 fully saturated rings. The van der Waals surface area contributed by atoms with Crippen LogP contribution in [-0.2, 0) is 19.6 Å². The molecule has 1 rings (SSSR count). The molecule has 5 heteroatoms. The highest BCUT2D eigenvalue weighted by Gasteiger charge is 2.16. The second-order valence-electron chi connectivity index (χ2n) is 3.38. The van der Waals surface area contributed by atoms with E-state index in [0.717, 1.165) is 5.56 Å². The minimum atomic E-state index is -3.60. The summed E-state index contributed by atoms with van der Waals surface area (Å²) in [6, 6.07) is 6.61. The summed E-state index contributed by atoms with van der Waals surface area (Å²) in [5.41, 5.74) is 1.03. The average molecular weight is 293 g/mol. The minimum absolute atomic E-state index is 0.195. The van der Waals surface area contributed by atoms with E-state index < -0.39 is 10.1 Å². The van der Waals surface area contributed by atoms with Gasteiger partial charge in [0.15, 0.2) is 0 Å². The first-order valence-electron chi connectivity index (χ1n) is 4.54. The zero-order chi connectivity index (χ0) is 11.5. The van der Waals surface area contributed by atoms with E-state index in [2.05, 4.69) is 15.9 Å². The van der Waals surface area contributed by atoms with Crippen LogP contribution in [0.25, 0.3) is 0 Å². The maximum absolute atomic E-state index is 11.6. The van der Waals surface area contributed by atoms with Gasteiger partial charge in [0.05, 0.1) is 11.0 Å². The molecule has 0 bridgehead atoms. The van der Waals surface area contributed by atoms with Crippen molar-refractivity contribution in [2.75, 3.05) is 0 Å². The Hall–Kier alpha value is -0.390. The zero-order valence-electron chi connectivity index (χ0n) is 8.60. The first-order valence-corrected chi connectivity index (χ1v) is 7.07. The van der Waals surface area contributed by atoms with Crippen molar-refractivity contribution in [1.29, 1.82) is 0 Å². The minimum Gasteiger partial charge on any atom is -0.264 e. The highest BCUT2D eigenvalue weighted by atomic mass is 79.9. The lowest BCUT2D eigenvalue weighted by Crippen LogP contribution is -2.12. The smallest absolute Gasteiger partial charge is 0.264 e. The fraction of sp³-hybridized carbons (Fsp3) is 0.400. The first kappa shape index (κ1) is 12.7. The van der Waals surface area contributed by atoms with Crippen molar-refractivity contribution in [2.24, 2.45) is 0 Å². The van der Waals surface area contributed by atoms with Crippen LogP contribution < -0.4 is 0 Å². The molecule has 0 amide bonds. The first-order chi connectivity index (χ1) is 6.95. The van der Waals surface area contributed by atoms with Gasteiger partial charge in [-0.3, -0.25) is 4.18 Å². The Morgan fingerprint density at radius 2 is 1.80 bits per heavy atom. The van der Waals surface area contributed by atoms with Gasteiger partial charge in [-0.1, -0.05) is 28.1 Å². The highest BCUT2D eigenvalue weighted by Crippen LogP contribution is 2.16. The molecule has 0 spiro atoms. The van der Waals surface area contributed by atoms with E-state index in [9.17, 15) is 8.42 Å². The van der Waals surface area contributed by atoms with Crippen LogP contribution in [0, 0.1) is 0 Å². The summed E-state index contributed by atoms with van der Waals surface area (Å²) in [7, 11) is -3.60. The Labute approximate surface area is 98.7 Å². The number of halogens is 1. The topological polar surface area (TPSA) is 43.4 Å². The molecule has 1 aromatic rings. The van der Waals surface area contributed by atoms with Crippen LogP contribution in [0.3, 0.4) is 0 Å². The Bertz CT molecular complexity index is 409. The van der Waals surface area contributed by atoms with Gasteiger partial charge in [-0.2, -0.15) is 8.42 Å². The van der Waals surface area contributed by atoms with E-state index in [-0.39, 0.29) is 11.0 Å². The highest BCUT2D eigenvalue weighted by molar-refractivity contribution is 9.08. The molecule has 0 saturated heterocycles. The van der Waals surface area contributed by atoms with Crippen LogP contribution in [0.15, 0.2) is 29.2 Å². The molecule has 15 heavy (non-hydrogen) atoms. The Morgan fingerprint density at radius 1 is 1.27 bits per heavy atom. The second-order valence-corrected chi connectivity index (χ2v) is 5.51. The maximum Gasteiger partial charge on any atom is 0.297 e. The summed E-state index contributed by atoms with van der Waals surface area (Å²) in [4.78, 5) is 0.195. The lowest BCUT2D eigenvalue weighted by molar-refractivity contribution is 0.249. The summed E-state index contributed by atoms with van der Waals surface area (Å²) < 4.78 is 28.1. The summed E-state index contributed by atoms with van der Waals surface area (Å²) in [6.45, 7) is 3.37. The van der Waals surface area contributed by atoms with E-state index in [0.29, 0.717) is 5.33 Å². The number of hydrogen-bond acceptors (Lipinski definition) is 3. The van der Waals surface area contributed by atoms with Crippen LogP contribution in [-0.4, -0.2) is 14.5 Å². The van der Waals surface area contributed by atoms with Gasteiger partial charge in [-0.25, -0.2) is 0 Å². The quantitative estimate of drug-likeness (QED) is 0.633. The maximum atomic E-state index is 11.6. The normalized spacial score (nSPS) is 12.0. The molecule has 0 aromatic heterocycles. The summed E-state index contributed by atoms with van der Waals surface area (Å²) in [5, 5.41) is 0.707. The van der Waals surface area contributed by atoms with Gasteiger partial charge in [0, 0.05) is 5.33 Å². The molecule has 0 atom stereocenters. The van der Waals surface area contributed by atoms with Crippen molar-refractivity contribution in [3.05, 3.63) is 29.8 Å². The molecule has 84 valence electrons. The molecule has 1 aromatic carbocycles. The molecule has 0 saturated carbocycles. The molecular weight excluding hydrogens is 280 g/mol. The van der Waals surface area contributed by atoms with Crippen molar-refractivity contribution in [2.45, 2.75) is 30.2 Å². The molecule has 0 heterocycles. The third kappa shape index (κ3) is 3.59. The van der Waals surface area contributed by atoms with Crippen LogP contribution >= 0.6 is 15.9 Å². The number of alkyl halides is 1. The number of rotatable bonds is 4. The SMILES string of the molecule is CC(C)OS(=O)(=O)c1ccc(CBr)cc1. The van der Waals surface area contributed by atoms with E-state index in [1.54, 1.807) is 38.1 Å². The molecule has 3 nitrogen and oxygen atoms in total. The zero-order valence-corrected chi connectivity index (χ0v) is 11.0. The van der Waals surface area contributed by atoms with E-state index in [1.165, 1.54) is 0 Å². The van der Waals surface area contributed by atoms with E-state index in [4.69, 9.17) is 4.18 Å². The molecule has 0 unspecified atom stereocenters. The summed E-state index contributed by atoms with van der Waals surface area (Å²) in [6.07, 6.45) is -0.342. The van der Waals surface area contributed by atoms with E-state index in [1.807, 2.05) is 0 Å². The fourth-order valence-electron chi connectivity index (χ4n) is 1.05. The van der Waals surface area contributed by atoms with Crippen LogP contribution in [0.4, 0.5) is 0 Å². The largest absolute Gasteiger partial charge is 0.297 e. The second kappa shape index (κ2) is 5.09. The molecule has 0 aliphatic carbocycles. The van der Waals surface area contributed by atoms with Gasteiger partial charge >= 0.3 is 0 Å². The van der Waals surface area contributed by atoms with Crippen LogP contribution in [0.5, 0.6) is 0 Å². The lowest BCUT2D eigenvalue weighted by Gasteiger charge is -2.08. The van der Waals surface area contributed by atoms with Gasteiger partial charge in [0.25, 0.3) is 10.1 Å². The Balaban J connectivity index is 2.96. The third-order valence-electron chi connectivity index (χ3n) is 1.69. The molecule has 0 N–H and O–H groups in total. The Kier molecular flexibility index (Phi) is 4.31. The van der Waals surface area contributed by atoms with Gasteiger partial charge in [-0.15, -0.1) is 0 Å². The third-order valence-corrected chi connectivity index (χ3v) is 3.82. The molecule has 0 aliphatic heterocycles. The predicted molar refractivity (Wildman–Crippen MR) is 62.5 cm³/mol. The average Bonchev–Trinajstić information content (AvgIpc) is 2.16. The van der Waals surface area contributed by atoms with Gasteiger partial charge in [-0.05, 0) is 31.5 Å². The van der Waals surface area contributed by atoms with Crippen molar-refractivity contribution in [3.63, 3.8) is 0 Å². The Morgan fingerprint density at radius 3 is 2.20 bits per heavy atom. The molecule has 0 aliphatic rings.